The molecule has 0 aliphatic carbocycles. The predicted molar refractivity (Wildman–Crippen MR) is 112 cm³/mol. The summed E-state index contributed by atoms with van der Waals surface area (Å²) in [7, 11) is 0. The van der Waals surface area contributed by atoms with E-state index in [1.54, 1.807) is 30.3 Å². The topological polar surface area (TPSA) is 52.5 Å². The highest BCUT2D eigenvalue weighted by Gasteiger charge is 2.12. The fourth-order valence-corrected chi connectivity index (χ4v) is 3.48. The number of nitriles is 2. The van der Waals surface area contributed by atoms with Crippen molar-refractivity contribution in [2.24, 2.45) is 0 Å². The quantitative estimate of drug-likeness (QED) is 0.424. The molecule has 1 aromatic heterocycles. The average Bonchev–Trinajstić information content (AvgIpc) is 3.10. The summed E-state index contributed by atoms with van der Waals surface area (Å²) in [4.78, 5) is 0. The lowest BCUT2D eigenvalue weighted by Gasteiger charge is -2.07. The largest absolute Gasteiger partial charge is 0.342 e. The molecule has 0 radical (unpaired) electrons. The highest BCUT2D eigenvalue weighted by atomic mass is 19.1. The summed E-state index contributed by atoms with van der Waals surface area (Å²) in [6.45, 7) is 0.527. The number of hydrogen-bond donors (Lipinski definition) is 0. The second kappa shape index (κ2) is 7.84. The summed E-state index contributed by atoms with van der Waals surface area (Å²) in [5.41, 5.74) is 3.91. The van der Waals surface area contributed by atoms with E-state index in [2.05, 4.69) is 12.1 Å². The molecule has 0 bridgehead atoms. The minimum Gasteiger partial charge on any atom is -0.342 e. The monoisotopic (exact) mass is 377 g/mol. The van der Waals surface area contributed by atoms with Gasteiger partial charge in [0.2, 0.25) is 0 Å². The van der Waals surface area contributed by atoms with Gasteiger partial charge in [-0.1, -0.05) is 54.6 Å². The van der Waals surface area contributed by atoms with Gasteiger partial charge in [0.25, 0.3) is 0 Å². The van der Waals surface area contributed by atoms with E-state index in [0.717, 1.165) is 22.0 Å². The van der Waals surface area contributed by atoms with Crippen molar-refractivity contribution >= 4 is 22.6 Å². The molecule has 3 nitrogen and oxygen atoms in total. The first-order chi connectivity index (χ1) is 14.2. The first-order valence-corrected chi connectivity index (χ1v) is 9.14. The van der Waals surface area contributed by atoms with E-state index in [1.165, 1.54) is 6.07 Å². The number of halogens is 1. The normalized spacial score (nSPS) is 11.2. The van der Waals surface area contributed by atoms with Crippen molar-refractivity contribution in [3.8, 4) is 12.1 Å². The second-order valence-corrected chi connectivity index (χ2v) is 6.65. The minimum absolute atomic E-state index is 0.267. The Hall–Kier alpha value is -4.15. The van der Waals surface area contributed by atoms with Crippen molar-refractivity contribution in [1.82, 2.24) is 4.57 Å². The lowest BCUT2D eigenvalue weighted by molar-refractivity contribution is 0.624. The standard InChI is InChI=1S/C25H16FN3/c26-24-11-5-3-9-22(24)20(15-28)13-21-17-29(25-12-6-4-10-23(21)25)16-19-8-2-1-7-18(19)14-27/h1-13,17H,16H2/b20-13-. The first kappa shape index (κ1) is 18.2. The molecule has 4 aromatic rings. The molecule has 0 saturated heterocycles. The molecule has 0 aliphatic heterocycles. The van der Waals surface area contributed by atoms with Gasteiger partial charge in [-0.15, -0.1) is 0 Å². The molecule has 1 heterocycles. The number of benzene rings is 3. The van der Waals surface area contributed by atoms with Crippen LogP contribution < -0.4 is 0 Å². The van der Waals surface area contributed by atoms with Crippen molar-refractivity contribution in [1.29, 1.82) is 10.5 Å². The van der Waals surface area contributed by atoms with Crippen LogP contribution in [0.4, 0.5) is 4.39 Å². The van der Waals surface area contributed by atoms with Crippen LogP contribution in [-0.2, 0) is 6.54 Å². The minimum atomic E-state index is -0.424. The molecule has 3 aromatic carbocycles. The van der Waals surface area contributed by atoms with Gasteiger partial charge in [-0.3, -0.25) is 0 Å². The smallest absolute Gasteiger partial charge is 0.131 e. The Bertz CT molecular complexity index is 1320. The molecule has 0 spiro atoms. The van der Waals surface area contributed by atoms with Crippen LogP contribution in [0.1, 0.15) is 22.3 Å². The first-order valence-electron chi connectivity index (χ1n) is 9.14. The lowest BCUT2D eigenvalue weighted by atomic mass is 10.0. The van der Waals surface area contributed by atoms with Crippen molar-refractivity contribution in [2.75, 3.05) is 0 Å². The number of aromatic nitrogens is 1. The van der Waals surface area contributed by atoms with Crippen LogP contribution in [0.5, 0.6) is 0 Å². The zero-order valence-electron chi connectivity index (χ0n) is 15.5. The van der Waals surface area contributed by atoms with Crippen LogP contribution in [-0.4, -0.2) is 4.57 Å². The van der Waals surface area contributed by atoms with E-state index < -0.39 is 5.82 Å². The van der Waals surface area contributed by atoms with Gasteiger partial charge >= 0.3 is 0 Å². The van der Waals surface area contributed by atoms with Crippen LogP contribution in [0.3, 0.4) is 0 Å². The number of hydrogen-bond acceptors (Lipinski definition) is 2. The van der Waals surface area contributed by atoms with Gasteiger partial charge in [0.15, 0.2) is 0 Å². The van der Waals surface area contributed by atoms with Gasteiger partial charge in [0.1, 0.15) is 5.82 Å². The van der Waals surface area contributed by atoms with Crippen molar-refractivity contribution in [3.05, 3.63) is 107 Å². The van der Waals surface area contributed by atoms with Gasteiger partial charge in [0.05, 0.1) is 23.3 Å². The van der Waals surface area contributed by atoms with Crippen LogP contribution in [0.15, 0.2) is 79.0 Å². The molecule has 0 fully saturated rings. The van der Waals surface area contributed by atoms with Crippen molar-refractivity contribution in [3.63, 3.8) is 0 Å². The molecule has 0 amide bonds. The third-order valence-corrected chi connectivity index (χ3v) is 4.88. The molecule has 0 atom stereocenters. The molecule has 4 rings (SSSR count). The Morgan fingerprint density at radius 2 is 1.66 bits per heavy atom. The highest BCUT2D eigenvalue weighted by Crippen LogP contribution is 2.28. The number of fused-ring (bicyclic) bond motifs is 1. The molecule has 0 aliphatic rings. The summed E-state index contributed by atoms with van der Waals surface area (Å²) in [6, 6.07) is 26.0. The maximum Gasteiger partial charge on any atom is 0.131 e. The van der Waals surface area contributed by atoms with Gasteiger partial charge in [0, 0.05) is 34.8 Å². The number of nitrogens with zero attached hydrogens (tertiary/aromatic N) is 3. The Morgan fingerprint density at radius 3 is 2.45 bits per heavy atom. The number of rotatable bonds is 4. The Morgan fingerprint density at radius 1 is 0.931 bits per heavy atom. The Kier molecular flexibility index (Phi) is 4.93. The Labute approximate surface area is 168 Å². The van der Waals surface area contributed by atoms with Gasteiger partial charge in [-0.05, 0) is 29.8 Å². The van der Waals surface area contributed by atoms with E-state index in [-0.39, 0.29) is 11.1 Å². The maximum atomic E-state index is 14.2. The lowest BCUT2D eigenvalue weighted by Crippen LogP contribution is -2.00. The molecular formula is C25H16FN3. The van der Waals surface area contributed by atoms with E-state index >= 15 is 0 Å². The molecule has 138 valence electrons. The van der Waals surface area contributed by atoms with E-state index in [9.17, 15) is 14.9 Å². The average molecular weight is 377 g/mol. The van der Waals surface area contributed by atoms with E-state index in [1.807, 2.05) is 53.2 Å². The van der Waals surface area contributed by atoms with Gasteiger partial charge in [-0.25, -0.2) is 4.39 Å². The summed E-state index contributed by atoms with van der Waals surface area (Å²) >= 11 is 0. The van der Waals surface area contributed by atoms with Crippen LogP contribution in [0, 0.1) is 28.5 Å². The summed E-state index contributed by atoms with van der Waals surface area (Å²) in [5.74, 6) is -0.424. The molecule has 0 saturated carbocycles. The predicted octanol–water partition coefficient (Wildman–Crippen LogP) is 5.76. The van der Waals surface area contributed by atoms with E-state index in [0.29, 0.717) is 12.1 Å². The zero-order chi connectivity index (χ0) is 20.2. The highest BCUT2D eigenvalue weighted by molar-refractivity contribution is 5.98. The van der Waals surface area contributed by atoms with Crippen molar-refractivity contribution in [2.45, 2.75) is 6.54 Å². The fraction of sp³-hybridized carbons (Fsp3) is 0.0400. The summed E-state index contributed by atoms with van der Waals surface area (Å²) < 4.78 is 16.2. The van der Waals surface area contributed by atoms with Crippen LogP contribution >= 0.6 is 0 Å². The summed E-state index contributed by atoms with van der Waals surface area (Å²) in [6.07, 6.45) is 3.66. The number of para-hydroxylation sites is 1. The SMILES string of the molecule is N#C/C(=C/c1cn(Cc2ccccc2C#N)c2ccccc12)c1ccccc1F. The number of allylic oxidation sites excluding steroid dienone is 1. The van der Waals surface area contributed by atoms with Gasteiger partial charge in [-0.2, -0.15) is 10.5 Å². The maximum absolute atomic E-state index is 14.2. The second-order valence-electron chi connectivity index (χ2n) is 6.65. The van der Waals surface area contributed by atoms with Crippen LogP contribution in [0.2, 0.25) is 0 Å². The molecule has 4 heteroatoms. The third kappa shape index (κ3) is 3.52. The molecule has 0 N–H and O–H groups in total. The van der Waals surface area contributed by atoms with Crippen molar-refractivity contribution < 1.29 is 4.39 Å². The summed E-state index contributed by atoms with van der Waals surface area (Å²) in [5, 5.41) is 20.0. The van der Waals surface area contributed by atoms with E-state index in [4.69, 9.17) is 0 Å². The fourth-order valence-electron chi connectivity index (χ4n) is 3.48. The molecular weight excluding hydrogens is 361 g/mol. The van der Waals surface area contributed by atoms with Gasteiger partial charge < -0.3 is 4.57 Å². The van der Waals surface area contributed by atoms with Crippen LogP contribution in [0.25, 0.3) is 22.6 Å². The molecule has 0 unspecified atom stereocenters. The Balaban J connectivity index is 1.84. The zero-order valence-corrected chi connectivity index (χ0v) is 15.5. The molecule has 29 heavy (non-hydrogen) atoms. The third-order valence-electron chi connectivity index (χ3n) is 4.88.